The number of hydrogen-bond acceptors (Lipinski definition) is 5. The molecule has 0 amide bonds. The van der Waals surface area contributed by atoms with E-state index in [9.17, 15) is 9.90 Å². The van der Waals surface area contributed by atoms with Gasteiger partial charge in [0.15, 0.2) is 11.5 Å². The number of benzene rings is 2. The Morgan fingerprint density at radius 3 is 2.46 bits per heavy atom. The van der Waals surface area contributed by atoms with Crippen LogP contribution in [-0.2, 0) is 19.5 Å². The van der Waals surface area contributed by atoms with Crippen molar-refractivity contribution in [3.63, 3.8) is 0 Å². The lowest BCUT2D eigenvalue weighted by atomic mass is 10.0. The van der Waals surface area contributed by atoms with E-state index < -0.39 is 5.63 Å². The van der Waals surface area contributed by atoms with Gasteiger partial charge in [0.1, 0.15) is 24.4 Å². The van der Waals surface area contributed by atoms with Crippen LogP contribution in [0.1, 0.15) is 23.6 Å². The smallest absolute Gasteiger partial charge is 0.336 e. The van der Waals surface area contributed by atoms with E-state index in [0.29, 0.717) is 30.8 Å². The van der Waals surface area contributed by atoms with Crippen LogP contribution in [0.2, 0.25) is 0 Å². The number of ether oxygens (including phenoxy) is 2. The summed E-state index contributed by atoms with van der Waals surface area (Å²) in [5.41, 5.74) is 2.73. The Labute approximate surface area is 163 Å². The normalized spacial score (nSPS) is 12.1. The zero-order valence-corrected chi connectivity index (χ0v) is 16.7. The fourth-order valence-electron chi connectivity index (χ4n) is 3.54. The van der Waals surface area contributed by atoms with E-state index >= 15 is 0 Å². The van der Waals surface area contributed by atoms with E-state index in [0.717, 1.165) is 27.8 Å². The molecule has 2 N–H and O–H groups in total. The van der Waals surface area contributed by atoms with Crippen molar-refractivity contribution in [3.8, 4) is 17.2 Å². The summed E-state index contributed by atoms with van der Waals surface area (Å²) in [7, 11) is 5.31. The first-order valence-electron chi connectivity index (χ1n) is 9.26. The largest absolute Gasteiger partial charge is 0.508 e. The summed E-state index contributed by atoms with van der Waals surface area (Å²) in [5.74, 6) is 1.57. The van der Waals surface area contributed by atoms with Gasteiger partial charge < -0.3 is 23.9 Å². The van der Waals surface area contributed by atoms with Gasteiger partial charge in [-0.05, 0) is 30.2 Å². The summed E-state index contributed by atoms with van der Waals surface area (Å²) in [4.78, 5) is 13.2. The highest BCUT2D eigenvalue weighted by Gasteiger charge is 2.17. The third kappa shape index (κ3) is 3.97. The second-order valence-electron chi connectivity index (χ2n) is 6.88. The Morgan fingerprint density at radius 1 is 1.04 bits per heavy atom. The summed E-state index contributed by atoms with van der Waals surface area (Å²) in [6.07, 6.45) is 0.698. The van der Waals surface area contributed by atoms with Gasteiger partial charge >= 0.3 is 5.63 Å². The summed E-state index contributed by atoms with van der Waals surface area (Å²) in [6, 6.07) is 10.8. The molecule has 1 atom stereocenters. The average molecular weight is 384 g/mol. The number of para-hydroxylation sites is 1. The molecule has 0 saturated carbocycles. The number of phenolic OH excluding ortho intramolecular Hbond substituents is 1. The molecule has 3 aromatic rings. The molecule has 148 valence electrons. The van der Waals surface area contributed by atoms with Crippen LogP contribution in [0.3, 0.4) is 0 Å². The minimum Gasteiger partial charge on any atom is -0.508 e. The lowest BCUT2D eigenvalue weighted by Gasteiger charge is -2.18. The van der Waals surface area contributed by atoms with Gasteiger partial charge in [-0.15, -0.1) is 0 Å². The molecule has 1 aromatic heterocycles. The van der Waals surface area contributed by atoms with Gasteiger partial charge in [-0.3, -0.25) is 0 Å². The SMILES string of the molecule is CCc1cc2c(C[NH+](C)Cc3cccc(OC)c3OC)cc(=O)oc2cc1O. The molecule has 0 aliphatic rings. The Balaban J connectivity index is 1.93. The zero-order valence-electron chi connectivity index (χ0n) is 16.7. The number of quaternary nitrogens is 1. The predicted octanol–water partition coefficient (Wildman–Crippen LogP) is 2.29. The lowest BCUT2D eigenvalue weighted by Crippen LogP contribution is -3.06. The van der Waals surface area contributed by atoms with Crippen molar-refractivity contribution in [2.45, 2.75) is 26.4 Å². The number of methoxy groups -OCH3 is 2. The Bertz CT molecular complexity index is 1040. The first-order valence-corrected chi connectivity index (χ1v) is 9.26. The van der Waals surface area contributed by atoms with E-state index in [1.165, 1.54) is 17.0 Å². The molecule has 0 spiro atoms. The van der Waals surface area contributed by atoms with Crippen LogP contribution in [0.4, 0.5) is 0 Å². The number of hydrogen-bond donors (Lipinski definition) is 2. The van der Waals surface area contributed by atoms with Crippen molar-refractivity contribution in [1.29, 1.82) is 0 Å². The standard InChI is InChI=1S/C22H25NO5/c1-5-14-9-17-16(10-21(25)28-20(17)11-18(14)24)13-23(2)12-15-7-6-8-19(26-3)22(15)27-4/h6-11,24H,5,12-13H2,1-4H3/p+1. The fraction of sp³-hybridized carbons (Fsp3) is 0.318. The minimum atomic E-state index is -0.419. The fourth-order valence-corrected chi connectivity index (χ4v) is 3.54. The van der Waals surface area contributed by atoms with Gasteiger partial charge in [0.25, 0.3) is 0 Å². The van der Waals surface area contributed by atoms with Crippen molar-refractivity contribution in [2.75, 3.05) is 21.3 Å². The summed E-state index contributed by atoms with van der Waals surface area (Å²) in [5, 5.41) is 10.9. The maximum Gasteiger partial charge on any atom is 0.336 e. The lowest BCUT2D eigenvalue weighted by molar-refractivity contribution is -0.907. The second-order valence-corrected chi connectivity index (χ2v) is 6.88. The number of nitrogens with one attached hydrogen (secondary N) is 1. The molecule has 0 aliphatic heterocycles. The van der Waals surface area contributed by atoms with Gasteiger partial charge in [0.05, 0.1) is 26.8 Å². The van der Waals surface area contributed by atoms with Crippen molar-refractivity contribution < 1.29 is 23.9 Å². The van der Waals surface area contributed by atoms with Gasteiger partial charge in [-0.25, -0.2) is 4.79 Å². The Morgan fingerprint density at radius 2 is 1.79 bits per heavy atom. The van der Waals surface area contributed by atoms with Crippen molar-refractivity contribution in [2.24, 2.45) is 0 Å². The van der Waals surface area contributed by atoms with E-state index in [1.54, 1.807) is 14.2 Å². The van der Waals surface area contributed by atoms with Crippen molar-refractivity contribution in [3.05, 3.63) is 63.5 Å². The topological polar surface area (TPSA) is 73.3 Å². The summed E-state index contributed by atoms with van der Waals surface area (Å²) in [6.45, 7) is 3.29. The van der Waals surface area contributed by atoms with Crippen LogP contribution in [0.15, 0.2) is 45.6 Å². The maximum absolute atomic E-state index is 12.0. The molecule has 28 heavy (non-hydrogen) atoms. The molecular weight excluding hydrogens is 358 g/mol. The van der Waals surface area contributed by atoms with Crippen LogP contribution < -0.4 is 20.0 Å². The molecule has 3 rings (SSSR count). The van der Waals surface area contributed by atoms with Crippen LogP contribution in [0.5, 0.6) is 17.2 Å². The highest BCUT2D eigenvalue weighted by atomic mass is 16.5. The van der Waals surface area contributed by atoms with Gasteiger partial charge in [-0.1, -0.05) is 13.0 Å². The quantitative estimate of drug-likeness (QED) is 0.612. The monoisotopic (exact) mass is 384 g/mol. The second kappa shape index (κ2) is 8.35. The zero-order chi connectivity index (χ0) is 20.3. The van der Waals surface area contributed by atoms with Gasteiger partial charge in [0, 0.05) is 23.1 Å². The van der Waals surface area contributed by atoms with Gasteiger partial charge in [-0.2, -0.15) is 0 Å². The first-order chi connectivity index (χ1) is 13.5. The van der Waals surface area contributed by atoms with E-state index in [2.05, 4.69) is 7.05 Å². The van der Waals surface area contributed by atoms with Gasteiger partial charge in [0.2, 0.25) is 0 Å². The molecular formula is C22H26NO5+. The molecule has 6 nitrogen and oxygen atoms in total. The average Bonchev–Trinajstić information content (AvgIpc) is 2.67. The number of aromatic hydroxyl groups is 1. The number of aryl methyl sites for hydroxylation is 1. The first kappa shape index (κ1) is 19.8. The predicted molar refractivity (Wildman–Crippen MR) is 107 cm³/mol. The molecule has 6 heteroatoms. The highest BCUT2D eigenvalue weighted by molar-refractivity contribution is 5.82. The number of phenols is 1. The maximum atomic E-state index is 12.0. The van der Waals surface area contributed by atoms with Crippen LogP contribution in [0, 0.1) is 0 Å². The van der Waals surface area contributed by atoms with Crippen LogP contribution in [0.25, 0.3) is 11.0 Å². The third-order valence-corrected chi connectivity index (χ3v) is 4.88. The Hall–Kier alpha value is -2.99. The molecule has 1 heterocycles. The summed E-state index contributed by atoms with van der Waals surface area (Å²) >= 11 is 0. The third-order valence-electron chi connectivity index (χ3n) is 4.88. The molecule has 0 radical (unpaired) electrons. The molecule has 0 bridgehead atoms. The van der Waals surface area contributed by atoms with Crippen LogP contribution >= 0.6 is 0 Å². The molecule has 0 fully saturated rings. The highest BCUT2D eigenvalue weighted by Crippen LogP contribution is 2.30. The minimum absolute atomic E-state index is 0.150. The van der Waals surface area contributed by atoms with E-state index in [-0.39, 0.29) is 5.75 Å². The Kier molecular flexibility index (Phi) is 5.90. The van der Waals surface area contributed by atoms with E-state index in [4.69, 9.17) is 13.9 Å². The van der Waals surface area contributed by atoms with E-state index in [1.807, 2.05) is 31.2 Å². The summed E-state index contributed by atoms with van der Waals surface area (Å²) < 4.78 is 16.2. The van der Waals surface area contributed by atoms with Crippen LogP contribution in [-0.4, -0.2) is 26.4 Å². The van der Waals surface area contributed by atoms with Crippen molar-refractivity contribution >= 4 is 11.0 Å². The number of rotatable bonds is 7. The number of fused-ring (bicyclic) bond motifs is 1. The van der Waals surface area contributed by atoms with Crippen molar-refractivity contribution in [1.82, 2.24) is 0 Å². The molecule has 2 aromatic carbocycles. The molecule has 0 saturated heterocycles. The molecule has 0 aliphatic carbocycles. The molecule has 1 unspecified atom stereocenters.